The van der Waals surface area contributed by atoms with Gasteiger partial charge in [-0.25, -0.2) is 0 Å². The number of fused-ring (bicyclic) bond motifs is 2. The van der Waals surface area contributed by atoms with Crippen LogP contribution < -0.4 is 4.90 Å². The second-order valence-electron chi connectivity index (χ2n) is 9.81. The van der Waals surface area contributed by atoms with E-state index in [4.69, 9.17) is 9.47 Å². The number of aryl methyl sites for hydroxylation is 2. The van der Waals surface area contributed by atoms with Crippen LogP contribution in [0.3, 0.4) is 0 Å². The molecule has 0 aromatic heterocycles. The number of ether oxygens (including phenoxy) is 2. The molecule has 5 rings (SSSR count). The molecule has 186 valence electrons. The van der Waals surface area contributed by atoms with Gasteiger partial charge in [0.25, 0.3) is 5.91 Å². The van der Waals surface area contributed by atoms with E-state index in [9.17, 15) is 19.5 Å². The number of cyclic esters (lactones) is 1. The van der Waals surface area contributed by atoms with Gasteiger partial charge in [0.15, 0.2) is 0 Å². The first-order valence-corrected chi connectivity index (χ1v) is 12.3. The molecule has 4 heterocycles. The molecule has 8 nitrogen and oxygen atoms in total. The zero-order valence-electron chi connectivity index (χ0n) is 20.3. The number of amides is 2. The summed E-state index contributed by atoms with van der Waals surface area (Å²) < 4.78 is 12.0. The van der Waals surface area contributed by atoms with Gasteiger partial charge >= 0.3 is 5.97 Å². The molecule has 2 amide bonds. The number of anilines is 1. The fraction of sp³-hybridized carbons (Fsp3) is 0.519. The molecule has 1 unspecified atom stereocenters. The van der Waals surface area contributed by atoms with E-state index in [0.29, 0.717) is 19.4 Å². The van der Waals surface area contributed by atoms with Crippen molar-refractivity contribution in [1.29, 1.82) is 0 Å². The Kier molecular flexibility index (Phi) is 6.05. The predicted molar refractivity (Wildman–Crippen MR) is 129 cm³/mol. The second kappa shape index (κ2) is 8.91. The molecule has 1 spiro atoms. The van der Waals surface area contributed by atoms with Gasteiger partial charge in [-0.15, -0.1) is 0 Å². The summed E-state index contributed by atoms with van der Waals surface area (Å²) in [6.07, 6.45) is 7.75. The van der Waals surface area contributed by atoms with Crippen LogP contribution in [0, 0.1) is 25.7 Å². The number of hydrogen-bond donors (Lipinski definition) is 1. The normalized spacial score (nSPS) is 33.0. The standard InChI is InChI=1S/C27H32N2O6/c1-4-18(15-30)29-23-25(32)28(22-16(2)9-7-10-17(22)3)13-8-12-27(23)21(24(29)31)20-19(35-27)11-5-6-14-34-26(20)33/h5,7-12,18-21,23,30H,4,6,13-15H2,1-3H3/t18-,19-,20+,21-,23?,27-/m0/s1. The molecule has 8 heteroatoms. The van der Waals surface area contributed by atoms with Gasteiger partial charge in [0.2, 0.25) is 5.91 Å². The summed E-state index contributed by atoms with van der Waals surface area (Å²) in [5.74, 6) is -2.88. The molecule has 2 saturated heterocycles. The summed E-state index contributed by atoms with van der Waals surface area (Å²) in [4.78, 5) is 44.7. The van der Waals surface area contributed by atoms with Gasteiger partial charge in [-0.1, -0.05) is 49.4 Å². The third-order valence-corrected chi connectivity index (χ3v) is 7.84. The summed E-state index contributed by atoms with van der Waals surface area (Å²) in [5.41, 5.74) is 1.37. The highest BCUT2D eigenvalue weighted by Gasteiger charge is 2.72. The highest BCUT2D eigenvalue weighted by molar-refractivity contribution is 6.06. The molecule has 1 aromatic rings. The molecule has 1 N–H and O–H groups in total. The Bertz CT molecular complexity index is 1090. The van der Waals surface area contributed by atoms with Gasteiger partial charge in [-0.3, -0.25) is 14.4 Å². The Morgan fingerprint density at radius 1 is 1.14 bits per heavy atom. The molecule has 0 bridgehead atoms. The molecule has 1 aromatic carbocycles. The molecule has 35 heavy (non-hydrogen) atoms. The van der Waals surface area contributed by atoms with Crippen LogP contribution in [0.1, 0.15) is 30.9 Å². The van der Waals surface area contributed by atoms with Crippen molar-refractivity contribution in [3.63, 3.8) is 0 Å². The topological polar surface area (TPSA) is 96.4 Å². The van der Waals surface area contributed by atoms with E-state index in [-0.39, 0.29) is 25.0 Å². The molecule has 0 saturated carbocycles. The van der Waals surface area contributed by atoms with E-state index >= 15 is 0 Å². The molecule has 4 aliphatic heterocycles. The van der Waals surface area contributed by atoms with Crippen molar-refractivity contribution in [3.05, 3.63) is 53.6 Å². The van der Waals surface area contributed by atoms with E-state index in [1.165, 1.54) is 4.90 Å². The largest absolute Gasteiger partial charge is 0.465 e. The molecule has 6 atom stereocenters. The maximum Gasteiger partial charge on any atom is 0.312 e. The Morgan fingerprint density at radius 3 is 2.57 bits per heavy atom. The van der Waals surface area contributed by atoms with Crippen LogP contribution in [0.25, 0.3) is 0 Å². The van der Waals surface area contributed by atoms with Crippen molar-refractivity contribution in [1.82, 2.24) is 4.90 Å². The first-order chi connectivity index (χ1) is 16.9. The van der Waals surface area contributed by atoms with Crippen LogP contribution in [0.2, 0.25) is 0 Å². The monoisotopic (exact) mass is 480 g/mol. The molecular formula is C27H32N2O6. The maximum absolute atomic E-state index is 14.4. The highest BCUT2D eigenvalue weighted by atomic mass is 16.6. The molecular weight excluding hydrogens is 448 g/mol. The number of likely N-dealkylation sites (tertiary alicyclic amines) is 1. The lowest BCUT2D eigenvalue weighted by Crippen LogP contribution is -2.58. The van der Waals surface area contributed by atoms with Gasteiger partial charge < -0.3 is 24.4 Å². The maximum atomic E-state index is 14.4. The zero-order chi connectivity index (χ0) is 24.9. The Labute approximate surface area is 205 Å². The van der Waals surface area contributed by atoms with E-state index in [2.05, 4.69) is 0 Å². The third kappa shape index (κ3) is 3.45. The lowest BCUT2D eigenvalue weighted by Gasteiger charge is -2.38. The quantitative estimate of drug-likeness (QED) is 0.524. The minimum atomic E-state index is -1.33. The Balaban J connectivity index is 1.68. The number of aliphatic hydroxyl groups is 1. The van der Waals surface area contributed by atoms with Gasteiger partial charge in [-0.05, 0) is 37.8 Å². The molecule has 0 radical (unpaired) electrons. The van der Waals surface area contributed by atoms with Gasteiger partial charge in [0, 0.05) is 12.2 Å². The number of carbonyl (C=O) groups is 3. The Hall–Kier alpha value is -2.97. The number of carbonyl (C=O) groups excluding carboxylic acids is 3. The average Bonchev–Trinajstić information content (AvgIpc) is 3.20. The van der Waals surface area contributed by atoms with Gasteiger partial charge in [-0.2, -0.15) is 0 Å². The van der Waals surface area contributed by atoms with Crippen LogP contribution in [-0.4, -0.2) is 71.3 Å². The summed E-state index contributed by atoms with van der Waals surface area (Å²) in [7, 11) is 0. The fourth-order valence-corrected chi connectivity index (χ4v) is 6.29. The number of esters is 1. The molecule has 0 aliphatic carbocycles. The molecule has 2 fully saturated rings. The Morgan fingerprint density at radius 2 is 1.89 bits per heavy atom. The molecule has 4 aliphatic rings. The summed E-state index contributed by atoms with van der Waals surface area (Å²) in [6, 6.07) is 4.27. The van der Waals surface area contributed by atoms with Crippen molar-refractivity contribution in [2.24, 2.45) is 11.8 Å². The van der Waals surface area contributed by atoms with Crippen molar-refractivity contribution in [2.75, 3.05) is 24.7 Å². The van der Waals surface area contributed by atoms with Crippen LogP contribution in [0.4, 0.5) is 5.69 Å². The number of aliphatic hydroxyl groups excluding tert-OH is 1. The summed E-state index contributed by atoms with van der Waals surface area (Å²) >= 11 is 0. The average molecular weight is 481 g/mol. The summed E-state index contributed by atoms with van der Waals surface area (Å²) in [6.45, 7) is 6.04. The first kappa shape index (κ1) is 23.8. The van der Waals surface area contributed by atoms with Crippen molar-refractivity contribution in [2.45, 2.75) is 57.4 Å². The van der Waals surface area contributed by atoms with Crippen LogP contribution in [0.15, 0.2) is 42.5 Å². The van der Waals surface area contributed by atoms with Gasteiger partial charge in [0.1, 0.15) is 17.6 Å². The van der Waals surface area contributed by atoms with Crippen LogP contribution >= 0.6 is 0 Å². The van der Waals surface area contributed by atoms with Crippen molar-refractivity contribution in [3.8, 4) is 0 Å². The lowest BCUT2D eigenvalue weighted by molar-refractivity contribution is -0.155. The SMILES string of the molecule is CC[C@@H](CO)N1C(=O)[C@@H]2[C@@H]3C(=O)OCCC=C[C@@H]3O[C@@]23C=CCN(c2c(C)cccc2C)C(=O)C13. The number of hydrogen-bond acceptors (Lipinski definition) is 6. The van der Waals surface area contributed by atoms with Gasteiger partial charge in [0.05, 0.1) is 31.3 Å². The zero-order valence-corrected chi connectivity index (χ0v) is 20.3. The highest BCUT2D eigenvalue weighted by Crippen LogP contribution is 2.54. The van der Waals surface area contributed by atoms with E-state index in [1.807, 2.05) is 63.3 Å². The minimum Gasteiger partial charge on any atom is -0.465 e. The van der Waals surface area contributed by atoms with Crippen molar-refractivity contribution < 1.29 is 29.0 Å². The number of para-hydroxylation sites is 1. The third-order valence-electron chi connectivity index (χ3n) is 7.84. The minimum absolute atomic E-state index is 0.239. The van der Waals surface area contributed by atoms with Crippen LogP contribution in [-0.2, 0) is 23.9 Å². The number of nitrogens with zero attached hydrogens (tertiary/aromatic N) is 2. The second-order valence-corrected chi connectivity index (χ2v) is 9.81. The van der Waals surface area contributed by atoms with E-state index in [0.717, 1.165) is 16.8 Å². The lowest BCUT2D eigenvalue weighted by atomic mass is 9.77. The smallest absolute Gasteiger partial charge is 0.312 e. The van der Waals surface area contributed by atoms with Crippen molar-refractivity contribution >= 4 is 23.5 Å². The number of benzene rings is 1. The fourth-order valence-electron chi connectivity index (χ4n) is 6.29. The van der Waals surface area contributed by atoms with Crippen LogP contribution in [0.5, 0.6) is 0 Å². The van der Waals surface area contributed by atoms with E-state index in [1.54, 1.807) is 4.90 Å². The first-order valence-electron chi connectivity index (χ1n) is 12.3. The summed E-state index contributed by atoms with van der Waals surface area (Å²) in [5, 5.41) is 10.2. The van der Waals surface area contributed by atoms with E-state index < -0.39 is 41.6 Å². The number of rotatable bonds is 4. The predicted octanol–water partition coefficient (Wildman–Crippen LogP) is 2.06.